The first-order valence-electron chi connectivity index (χ1n) is 6.83. The third-order valence-corrected chi connectivity index (χ3v) is 2.78. The molecule has 0 aliphatic heterocycles. The summed E-state index contributed by atoms with van der Waals surface area (Å²) in [6.45, 7) is -1.09. The molecule has 0 saturated heterocycles. The molecule has 0 radical (unpaired) electrons. The molecule has 0 aromatic heterocycles. The van der Waals surface area contributed by atoms with E-state index in [2.05, 4.69) is 10.3 Å². The van der Waals surface area contributed by atoms with Gasteiger partial charge in [0.15, 0.2) is 12.6 Å². The Balaban J connectivity index is 0.00000288. The van der Waals surface area contributed by atoms with E-state index in [9.17, 15) is 13.2 Å². The molecule has 0 amide bonds. The molecule has 0 aliphatic carbocycles. The van der Waals surface area contributed by atoms with Crippen LogP contribution >= 0.6 is 24.0 Å². The van der Waals surface area contributed by atoms with Crippen molar-refractivity contribution in [1.29, 1.82) is 0 Å². The Labute approximate surface area is 154 Å². The van der Waals surface area contributed by atoms with Crippen LogP contribution in [0, 0.1) is 0 Å². The Hall–Kier alpha value is -1.97. The van der Waals surface area contributed by atoms with E-state index < -0.39 is 12.8 Å². The summed E-state index contributed by atoms with van der Waals surface area (Å²) in [6.07, 6.45) is -4.36. The molecule has 8 heteroatoms. The molecule has 0 heterocycles. The third kappa shape index (κ3) is 7.53. The second-order valence-corrected chi connectivity index (χ2v) is 4.74. The van der Waals surface area contributed by atoms with Gasteiger partial charge in [-0.25, -0.2) is 4.99 Å². The lowest BCUT2D eigenvalue weighted by molar-refractivity contribution is -0.153. The van der Waals surface area contributed by atoms with Gasteiger partial charge in [0.2, 0.25) is 0 Å². The molecular formula is C16H17F3IN3O. The van der Waals surface area contributed by atoms with Crippen molar-refractivity contribution in [2.24, 2.45) is 10.7 Å². The fraction of sp³-hybridized carbons (Fsp3) is 0.188. The summed E-state index contributed by atoms with van der Waals surface area (Å²) >= 11 is 0. The predicted octanol–water partition coefficient (Wildman–Crippen LogP) is 4.17. The molecule has 0 unspecified atom stereocenters. The number of hydrogen-bond donors (Lipinski definition) is 2. The Morgan fingerprint density at radius 3 is 2.46 bits per heavy atom. The first-order valence-corrected chi connectivity index (χ1v) is 6.83. The normalized spacial score (nSPS) is 11.5. The van der Waals surface area contributed by atoms with Crippen LogP contribution in [0.4, 0.5) is 18.9 Å². The van der Waals surface area contributed by atoms with Crippen LogP contribution < -0.4 is 15.8 Å². The fourth-order valence-electron chi connectivity index (χ4n) is 1.78. The van der Waals surface area contributed by atoms with Crippen LogP contribution in [0.2, 0.25) is 0 Å². The third-order valence-electron chi connectivity index (χ3n) is 2.78. The first-order chi connectivity index (χ1) is 10.9. The predicted molar refractivity (Wildman–Crippen MR) is 98.8 cm³/mol. The minimum Gasteiger partial charge on any atom is -0.484 e. The monoisotopic (exact) mass is 451 g/mol. The molecule has 2 aromatic rings. The molecule has 0 aliphatic rings. The highest BCUT2D eigenvalue weighted by Gasteiger charge is 2.28. The number of nitrogens with one attached hydrogen (secondary N) is 1. The standard InChI is InChI=1S/C16H16F3N3O.HI/c17-16(18,19)11-23-14-8-4-5-12(9-14)10-21-15(20)22-13-6-2-1-3-7-13;/h1-9H,10-11H2,(H3,20,21,22);1H. The van der Waals surface area contributed by atoms with Gasteiger partial charge in [-0.2, -0.15) is 13.2 Å². The molecule has 130 valence electrons. The number of guanidine groups is 1. The second-order valence-electron chi connectivity index (χ2n) is 4.74. The van der Waals surface area contributed by atoms with Crippen LogP contribution in [-0.2, 0) is 6.54 Å². The highest BCUT2D eigenvalue weighted by atomic mass is 127. The molecule has 0 bridgehead atoms. The summed E-state index contributed by atoms with van der Waals surface area (Å²) in [4.78, 5) is 4.15. The Kier molecular flexibility index (Phi) is 7.83. The minimum absolute atomic E-state index is 0. The SMILES string of the molecule is I.NC(=NCc1cccc(OCC(F)(F)F)c1)Nc1ccccc1. The molecule has 2 aromatic carbocycles. The van der Waals surface area contributed by atoms with Crippen LogP contribution in [0.15, 0.2) is 59.6 Å². The number of benzene rings is 2. The Morgan fingerprint density at radius 1 is 1.08 bits per heavy atom. The second kappa shape index (κ2) is 9.36. The van der Waals surface area contributed by atoms with Crippen molar-refractivity contribution in [2.75, 3.05) is 11.9 Å². The van der Waals surface area contributed by atoms with Gasteiger partial charge in [0.05, 0.1) is 6.54 Å². The largest absolute Gasteiger partial charge is 0.484 e. The Morgan fingerprint density at radius 2 is 1.79 bits per heavy atom. The van der Waals surface area contributed by atoms with Gasteiger partial charge in [0.1, 0.15) is 5.75 Å². The van der Waals surface area contributed by atoms with Crippen molar-refractivity contribution in [2.45, 2.75) is 12.7 Å². The average molecular weight is 451 g/mol. The molecule has 0 spiro atoms. The van der Waals surface area contributed by atoms with E-state index in [1.807, 2.05) is 30.3 Å². The molecular weight excluding hydrogens is 434 g/mol. The molecule has 2 rings (SSSR count). The van der Waals surface area contributed by atoms with Gasteiger partial charge >= 0.3 is 6.18 Å². The van der Waals surface area contributed by atoms with E-state index in [0.29, 0.717) is 5.56 Å². The smallest absolute Gasteiger partial charge is 0.422 e. The molecule has 0 saturated carbocycles. The number of anilines is 1. The van der Waals surface area contributed by atoms with Crippen molar-refractivity contribution in [3.63, 3.8) is 0 Å². The average Bonchev–Trinajstić information content (AvgIpc) is 2.52. The number of hydrogen-bond acceptors (Lipinski definition) is 2. The molecule has 24 heavy (non-hydrogen) atoms. The number of halogens is 4. The maximum atomic E-state index is 12.1. The fourth-order valence-corrected chi connectivity index (χ4v) is 1.78. The first kappa shape index (κ1) is 20.1. The molecule has 0 fully saturated rings. The number of rotatable bonds is 5. The number of aliphatic imine (C=N–C) groups is 1. The van der Waals surface area contributed by atoms with E-state index in [0.717, 1.165) is 5.69 Å². The molecule has 0 atom stereocenters. The minimum atomic E-state index is -4.36. The maximum absolute atomic E-state index is 12.1. The lowest BCUT2D eigenvalue weighted by atomic mass is 10.2. The van der Waals surface area contributed by atoms with Crippen LogP contribution in [-0.4, -0.2) is 18.7 Å². The summed E-state index contributed by atoms with van der Waals surface area (Å²) in [7, 11) is 0. The maximum Gasteiger partial charge on any atom is 0.422 e. The highest BCUT2D eigenvalue weighted by molar-refractivity contribution is 14.0. The highest BCUT2D eigenvalue weighted by Crippen LogP contribution is 2.19. The van der Waals surface area contributed by atoms with Crippen molar-refractivity contribution in [3.8, 4) is 5.75 Å². The zero-order valence-corrected chi connectivity index (χ0v) is 14.9. The number of para-hydroxylation sites is 1. The van der Waals surface area contributed by atoms with Crippen molar-refractivity contribution in [1.82, 2.24) is 0 Å². The van der Waals surface area contributed by atoms with E-state index >= 15 is 0 Å². The molecule has 3 N–H and O–H groups in total. The lowest BCUT2D eigenvalue weighted by Gasteiger charge is -2.10. The number of alkyl halides is 3. The lowest BCUT2D eigenvalue weighted by Crippen LogP contribution is -2.22. The summed E-state index contributed by atoms with van der Waals surface area (Å²) in [5.41, 5.74) is 7.26. The number of ether oxygens (including phenoxy) is 1. The zero-order valence-electron chi connectivity index (χ0n) is 12.6. The summed E-state index contributed by atoms with van der Waals surface area (Å²) in [5.74, 6) is 0.363. The van der Waals surface area contributed by atoms with Gasteiger partial charge in [0, 0.05) is 5.69 Å². The van der Waals surface area contributed by atoms with Crippen molar-refractivity contribution >= 4 is 35.6 Å². The number of nitrogens with two attached hydrogens (primary N) is 1. The van der Waals surface area contributed by atoms with Crippen LogP contribution in [0.3, 0.4) is 0 Å². The van der Waals surface area contributed by atoms with Gasteiger partial charge in [-0.3, -0.25) is 0 Å². The van der Waals surface area contributed by atoms with Gasteiger partial charge in [-0.15, -0.1) is 24.0 Å². The quantitative estimate of drug-likeness (QED) is 0.408. The van der Waals surface area contributed by atoms with E-state index in [4.69, 9.17) is 10.5 Å². The van der Waals surface area contributed by atoms with Gasteiger partial charge < -0.3 is 15.8 Å². The molecule has 4 nitrogen and oxygen atoms in total. The zero-order chi connectivity index (χ0) is 16.7. The summed E-state index contributed by atoms with van der Waals surface area (Å²) in [5, 5.41) is 2.92. The van der Waals surface area contributed by atoms with Crippen LogP contribution in [0.1, 0.15) is 5.56 Å². The van der Waals surface area contributed by atoms with Crippen molar-refractivity contribution in [3.05, 3.63) is 60.2 Å². The topological polar surface area (TPSA) is 59.6 Å². The number of nitrogens with zero attached hydrogens (tertiary/aromatic N) is 1. The van der Waals surface area contributed by atoms with Crippen LogP contribution in [0.5, 0.6) is 5.75 Å². The van der Waals surface area contributed by atoms with Gasteiger partial charge in [-0.1, -0.05) is 30.3 Å². The van der Waals surface area contributed by atoms with Gasteiger partial charge in [-0.05, 0) is 29.8 Å². The van der Waals surface area contributed by atoms with Gasteiger partial charge in [0.25, 0.3) is 0 Å². The van der Waals surface area contributed by atoms with E-state index in [-0.39, 0.29) is 42.2 Å². The summed E-state index contributed by atoms with van der Waals surface area (Å²) < 4.78 is 41.1. The van der Waals surface area contributed by atoms with E-state index in [1.165, 1.54) is 12.1 Å². The summed E-state index contributed by atoms with van der Waals surface area (Å²) in [6, 6.07) is 15.6. The van der Waals surface area contributed by atoms with Crippen molar-refractivity contribution < 1.29 is 17.9 Å². The van der Waals surface area contributed by atoms with Crippen LogP contribution in [0.25, 0.3) is 0 Å². The van der Waals surface area contributed by atoms with E-state index in [1.54, 1.807) is 12.1 Å². The Bertz CT molecular complexity index is 663.